The number of ether oxygens (including phenoxy) is 4. The molecule has 4 aromatic rings. The van der Waals surface area contributed by atoms with E-state index >= 15 is 0 Å². The van der Waals surface area contributed by atoms with Gasteiger partial charge >= 0.3 is 18.5 Å². The average Bonchev–Trinajstić information content (AvgIpc) is 3.04. The predicted octanol–water partition coefficient (Wildman–Crippen LogP) is 7.25. The van der Waals surface area contributed by atoms with Gasteiger partial charge in [-0.15, -0.1) is 0 Å². The Hall–Kier alpha value is -6.04. The summed E-state index contributed by atoms with van der Waals surface area (Å²) in [5.41, 5.74) is 4.14. The van der Waals surface area contributed by atoms with Gasteiger partial charge in [0.2, 0.25) is 0 Å². The number of para-hydroxylation sites is 1. The molecule has 46 heavy (non-hydrogen) atoms. The number of aryl methyl sites for hydroxylation is 1. The number of amides is 1. The molecule has 0 heterocycles. The van der Waals surface area contributed by atoms with E-state index in [1.807, 2.05) is 72.8 Å². The number of carbonyl (C=O) groups is 4. The summed E-state index contributed by atoms with van der Waals surface area (Å²) in [6.07, 6.45) is -3.25. The van der Waals surface area contributed by atoms with Gasteiger partial charge in [-0.25, -0.2) is 14.4 Å². The predicted molar refractivity (Wildman–Crippen MR) is 163 cm³/mol. The van der Waals surface area contributed by atoms with Gasteiger partial charge in [-0.2, -0.15) is 0 Å². The minimum absolute atomic E-state index is 0.0824. The third-order valence-electron chi connectivity index (χ3n) is 7.57. The number of nitrogens with zero attached hydrogens (tertiary/aromatic N) is 1. The van der Waals surface area contributed by atoms with Gasteiger partial charge < -0.3 is 39.2 Å². The number of fused-ring (bicyclic) bond motifs is 1. The number of methoxy groups -OCH3 is 1. The summed E-state index contributed by atoms with van der Waals surface area (Å²) in [6, 6.07) is 24.1. The van der Waals surface area contributed by atoms with E-state index in [0.29, 0.717) is 12.2 Å². The number of carboxylic acid groups (broad SMARTS) is 3. The van der Waals surface area contributed by atoms with E-state index in [1.54, 1.807) is 12.0 Å². The van der Waals surface area contributed by atoms with Crippen molar-refractivity contribution in [1.29, 1.82) is 0 Å². The molecule has 1 aliphatic carbocycles. The zero-order valence-corrected chi connectivity index (χ0v) is 24.5. The highest BCUT2D eigenvalue weighted by atomic mass is 16.7. The molecule has 12 nitrogen and oxygen atoms in total. The van der Waals surface area contributed by atoms with Crippen LogP contribution in [0.5, 0.6) is 23.0 Å². The zero-order valence-electron chi connectivity index (χ0n) is 24.5. The number of hydrogen-bond acceptors (Lipinski definition) is 8. The normalized spacial score (nSPS) is 13.5. The van der Waals surface area contributed by atoms with E-state index in [1.165, 1.54) is 0 Å². The second-order valence-corrected chi connectivity index (χ2v) is 10.3. The van der Waals surface area contributed by atoms with Gasteiger partial charge in [0.05, 0.1) is 18.7 Å². The smallest absolute Gasteiger partial charge is 0.496 e. The van der Waals surface area contributed by atoms with E-state index in [9.17, 15) is 29.4 Å². The lowest BCUT2D eigenvalue weighted by molar-refractivity contribution is 0.0633. The van der Waals surface area contributed by atoms with E-state index in [-0.39, 0.29) is 12.1 Å². The van der Waals surface area contributed by atoms with Crippen LogP contribution in [0.1, 0.15) is 45.9 Å². The first kappa shape index (κ1) is 31.4. The fraction of sp³-hybridized carbons (Fsp3) is 0.176. The van der Waals surface area contributed by atoms with Crippen molar-refractivity contribution in [2.45, 2.75) is 31.8 Å². The summed E-state index contributed by atoms with van der Waals surface area (Å²) < 4.78 is 19.7. The Morgan fingerprint density at radius 1 is 0.739 bits per heavy atom. The van der Waals surface area contributed by atoms with E-state index in [2.05, 4.69) is 4.74 Å². The molecule has 0 aliphatic heterocycles. The first-order valence-electron chi connectivity index (χ1n) is 14.2. The minimum Gasteiger partial charge on any atom is -0.496 e. The Morgan fingerprint density at radius 2 is 1.35 bits per heavy atom. The van der Waals surface area contributed by atoms with Crippen molar-refractivity contribution in [3.63, 3.8) is 0 Å². The van der Waals surface area contributed by atoms with Crippen LogP contribution in [0, 0.1) is 0 Å². The molecule has 5 rings (SSSR count). The van der Waals surface area contributed by atoms with Crippen LogP contribution in [0.15, 0.2) is 84.9 Å². The minimum atomic E-state index is -1.83. The quantitative estimate of drug-likeness (QED) is 0.126. The van der Waals surface area contributed by atoms with Gasteiger partial charge in [0.25, 0.3) is 5.91 Å². The molecule has 0 fully saturated rings. The number of hydrogen-bond donors (Lipinski definition) is 3. The van der Waals surface area contributed by atoms with Crippen LogP contribution < -0.4 is 18.9 Å². The maximum atomic E-state index is 14.5. The summed E-state index contributed by atoms with van der Waals surface area (Å²) in [5, 5.41) is 27.9. The maximum absolute atomic E-state index is 14.5. The molecule has 0 unspecified atom stereocenters. The van der Waals surface area contributed by atoms with Crippen molar-refractivity contribution in [2.75, 3.05) is 7.11 Å². The summed E-state index contributed by atoms with van der Waals surface area (Å²) in [6.45, 7) is 0.0824. The Labute approximate surface area is 262 Å². The van der Waals surface area contributed by atoms with Crippen molar-refractivity contribution >= 4 is 24.4 Å². The van der Waals surface area contributed by atoms with Crippen LogP contribution in [0.3, 0.4) is 0 Å². The standard InChI is InChI=1S/C34H29NO11/c1-43-27-12-5-4-10-24(27)22-15-13-20(14-16-22)19-35(26-11-6-8-21-7-2-3-9-23(21)26)31(36)25-17-29(45-33(39)40)30(46-34(41)42)18-28(25)44-32(37)38/h2-5,7,9-10,12-18,26H,6,8,11,19H2,1H3,(H,37,38)(H,39,40)(H,41,42)/t26-/m0/s1. The molecular formula is C34H29NO11. The zero-order chi connectivity index (χ0) is 32.8. The Kier molecular flexibility index (Phi) is 9.36. The van der Waals surface area contributed by atoms with Gasteiger partial charge in [-0.1, -0.05) is 66.7 Å². The second-order valence-electron chi connectivity index (χ2n) is 10.3. The summed E-state index contributed by atoms with van der Waals surface area (Å²) in [7, 11) is 1.59. The van der Waals surface area contributed by atoms with E-state index in [4.69, 9.17) is 19.3 Å². The highest BCUT2D eigenvalue weighted by molar-refractivity contribution is 5.99. The van der Waals surface area contributed by atoms with Gasteiger partial charge in [0, 0.05) is 24.2 Å². The van der Waals surface area contributed by atoms with Crippen molar-refractivity contribution in [2.24, 2.45) is 0 Å². The number of rotatable bonds is 9. The highest BCUT2D eigenvalue weighted by Gasteiger charge is 2.33. The van der Waals surface area contributed by atoms with E-state index in [0.717, 1.165) is 52.8 Å². The van der Waals surface area contributed by atoms with Crippen molar-refractivity contribution < 1.29 is 53.4 Å². The highest BCUT2D eigenvalue weighted by Crippen LogP contribution is 2.41. The van der Waals surface area contributed by atoms with Crippen LogP contribution in [0.25, 0.3) is 11.1 Å². The molecule has 4 aromatic carbocycles. The molecule has 0 radical (unpaired) electrons. The first-order valence-corrected chi connectivity index (χ1v) is 14.2. The molecule has 1 amide bonds. The lowest BCUT2D eigenvalue weighted by atomic mass is 9.86. The molecule has 0 aromatic heterocycles. The maximum Gasteiger partial charge on any atom is 0.511 e. The fourth-order valence-electron chi connectivity index (χ4n) is 5.63. The second kappa shape index (κ2) is 13.7. The fourth-order valence-corrected chi connectivity index (χ4v) is 5.63. The lowest BCUT2D eigenvalue weighted by Gasteiger charge is -2.36. The van der Waals surface area contributed by atoms with Crippen molar-refractivity contribution in [3.05, 3.63) is 107 Å². The molecular weight excluding hydrogens is 598 g/mol. The van der Waals surface area contributed by atoms with Gasteiger partial charge in [-0.05, 0) is 47.6 Å². The van der Waals surface area contributed by atoms with Crippen LogP contribution in [0.4, 0.5) is 14.4 Å². The Morgan fingerprint density at radius 3 is 2.02 bits per heavy atom. The molecule has 12 heteroatoms. The van der Waals surface area contributed by atoms with Gasteiger partial charge in [0.1, 0.15) is 5.75 Å². The first-order chi connectivity index (χ1) is 22.1. The van der Waals surface area contributed by atoms with Crippen molar-refractivity contribution in [1.82, 2.24) is 4.90 Å². The molecule has 0 bridgehead atoms. The largest absolute Gasteiger partial charge is 0.511 e. The molecule has 0 saturated carbocycles. The number of carbonyl (C=O) groups excluding carboxylic acids is 1. The van der Waals surface area contributed by atoms with E-state index < -0.39 is 47.7 Å². The molecule has 1 aliphatic rings. The van der Waals surface area contributed by atoms with Gasteiger partial charge in [-0.3, -0.25) is 4.79 Å². The summed E-state index contributed by atoms with van der Waals surface area (Å²) >= 11 is 0. The molecule has 236 valence electrons. The third kappa shape index (κ3) is 7.02. The molecule has 0 saturated heterocycles. The molecule has 1 atom stereocenters. The topological polar surface area (TPSA) is 169 Å². The summed E-state index contributed by atoms with van der Waals surface area (Å²) in [4.78, 5) is 50.4. The number of benzene rings is 4. The van der Waals surface area contributed by atoms with Crippen LogP contribution in [-0.2, 0) is 13.0 Å². The van der Waals surface area contributed by atoms with Crippen molar-refractivity contribution in [3.8, 4) is 34.1 Å². The summed E-state index contributed by atoms with van der Waals surface area (Å²) in [5.74, 6) is -1.88. The Bertz CT molecular complexity index is 1780. The van der Waals surface area contributed by atoms with Gasteiger partial charge in [0.15, 0.2) is 17.2 Å². The average molecular weight is 628 g/mol. The van der Waals surface area contributed by atoms with Crippen LogP contribution in [-0.4, -0.2) is 51.7 Å². The lowest BCUT2D eigenvalue weighted by Crippen LogP contribution is -2.36. The monoisotopic (exact) mass is 627 g/mol. The molecule has 0 spiro atoms. The Balaban J connectivity index is 1.60. The SMILES string of the molecule is COc1ccccc1-c1ccc(CN(C(=O)c2cc(OC(=O)O)c(OC(=O)O)cc2OC(=O)O)[C@H]2CCCc3ccccc32)cc1. The third-order valence-corrected chi connectivity index (χ3v) is 7.57. The van der Waals surface area contributed by atoms with Crippen LogP contribution >= 0.6 is 0 Å². The molecule has 3 N–H and O–H groups in total. The van der Waals surface area contributed by atoms with Crippen LogP contribution in [0.2, 0.25) is 0 Å².